The zero-order valence-electron chi connectivity index (χ0n) is 12.7. The SMILES string of the molecule is CS(=O)(=O)N1C[C@@H]2C[C@@](O)(c3cc(Cl)cn4cncc34)C[C@@H]2C1. The Bertz CT molecular complexity index is 865. The van der Waals surface area contributed by atoms with Crippen LogP contribution in [0.4, 0.5) is 0 Å². The maximum atomic E-state index is 11.7. The highest BCUT2D eigenvalue weighted by molar-refractivity contribution is 7.88. The molecule has 1 N–H and O–H groups in total. The van der Waals surface area contributed by atoms with E-state index in [-0.39, 0.29) is 11.8 Å². The van der Waals surface area contributed by atoms with E-state index >= 15 is 0 Å². The van der Waals surface area contributed by atoms with Crippen LogP contribution >= 0.6 is 11.6 Å². The third-order valence-corrected chi connectivity index (χ3v) is 6.64. The van der Waals surface area contributed by atoms with Gasteiger partial charge in [-0.3, -0.25) is 0 Å². The third kappa shape index (κ3) is 2.46. The predicted octanol–water partition coefficient (Wildman–Crippen LogP) is 1.48. The Labute approximate surface area is 139 Å². The van der Waals surface area contributed by atoms with Gasteiger partial charge in [-0.25, -0.2) is 17.7 Å². The Morgan fingerprint density at radius 1 is 1.35 bits per heavy atom. The molecule has 2 fully saturated rings. The van der Waals surface area contributed by atoms with Gasteiger partial charge in [-0.1, -0.05) is 11.6 Å². The highest BCUT2D eigenvalue weighted by atomic mass is 35.5. The Morgan fingerprint density at radius 2 is 2.00 bits per heavy atom. The molecule has 0 radical (unpaired) electrons. The van der Waals surface area contributed by atoms with E-state index in [1.807, 2.05) is 4.40 Å². The topological polar surface area (TPSA) is 74.9 Å². The Hall–Kier alpha value is -1.15. The van der Waals surface area contributed by atoms with Crippen molar-refractivity contribution in [3.63, 3.8) is 0 Å². The second-order valence-corrected chi connectivity index (χ2v) is 9.22. The summed E-state index contributed by atoms with van der Waals surface area (Å²) in [5.41, 5.74) is 0.644. The number of halogens is 1. The van der Waals surface area contributed by atoms with Crippen molar-refractivity contribution in [2.24, 2.45) is 11.8 Å². The first-order valence-electron chi connectivity index (χ1n) is 7.55. The number of rotatable bonds is 2. The molecule has 0 unspecified atom stereocenters. The van der Waals surface area contributed by atoms with Crippen LogP contribution in [0.1, 0.15) is 18.4 Å². The zero-order chi connectivity index (χ0) is 16.4. The number of pyridine rings is 1. The largest absolute Gasteiger partial charge is 0.385 e. The molecule has 8 heteroatoms. The van der Waals surface area contributed by atoms with Gasteiger partial charge in [0.1, 0.15) is 0 Å². The fourth-order valence-corrected chi connectivity index (χ4v) is 5.31. The quantitative estimate of drug-likeness (QED) is 0.885. The Kier molecular flexibility index (Phi) is 3.29. The zero-order valence-corrected chi connectivity index (χ0v) is 14.3. The molecule has 3 atom stereocenters. The second-order valence-electron chi connectivity index (χ2n) is 6.80. The number of aromatic nitrogens is 2. The number of hydrogen-bond acceptors (Lipinski definition) is 4. The van der Waals surface area contributed by atoms with Gasteiger partial charge in [0, 0.05) is 24.8 Å². The molecule has 1 saturated carbocycles. The van der Waals surface area contributed by atoms with Crippen LogP contribution in [0.2, 0.25) is 5.02 Å². The van der Waals surface area contributed by atoms with Gasteiger partial charge < -0.3 is 9.51 Å². The van der Waals surface area contributed by atoms with Crippen LogP contribution in [0.5, 0.6) is 0 Å². The maximum Gasteiger partial charge on any atom is 0.211 e. The molecule has 4 rings (SSSR count). The van der Waals surface area contributed by atoms with E-state index in [1.54, 1.807) is 24.8 Å². The van der Waals surface area contributed by atoms with Crippen molar-refractivity contribution in [3.05, 3.63) is 35.4 Å². The first-order valence-corrected chi connectivity index (χ1v) is 9.78. The molecular weight excluding hydrogens is 338 g/mol. The van der Waals surface area contributed by atoms with Crippen LogP contribution in [0.25, 0.3) is 5.52 Å². The number of nitrogens with zero attached hydrogens (tertiary/aromatic N) is 3. The Balaban J connectivity index is 1.68. The van der Waals surface area contributed by atoms with Gasteiger partial charge in [0.15, 0.2) is 0 Å². The van der Waals surface area contributed by atoms with Gasteiger partial charge >= 0.3 is 0 Å². The standard InChI is InChI=1S/C15H18ClN3O3S/c1-23(21,22)19-6-10-3-15(20,4-11(10)7-19)13-2-12(16)8-18-9-17-5-14(13)18/h2,5,8-11,20H,3-4,6-7H2,1H3/t10-,11+,15-. The summed E-state index contributed by atoms with van der Waals surface area (Å²) in [6.45, 7) is 0.976. The molecule has 23 heavy (non-hydrogen) atoms. The molecule has 1 aliphatic heterocycles. The van der Waals surface area contributed by atoms with Crippen LogP contribution < -0.4 is 0 Å². The van der Waals surface area contributed by atoms with Crippen LogP contribution in [-0.4, -0.2) is 46.6 Å². The van der Waals surface area contributed by atoms with E-state index in [1.165, 1.54) is 10.6 Å². The molecule has 1 aliphatic carbocycles. The van der Waals surface area contributed by atoms with Crippen LogP contribution in [0.3, 0.4) is 0 Å². The van der Waals surface area contributed by atoms with Crippen LogP contribution in [0, 0.1) is 11.8 Å². The first kappa shape index (κ1) is 15.4. The minimum atomic E-state index is -3.16. The van der Waals surface area contributed by atoms with E-state index < -0.39 is 15.6 Å². The van der Waals surface area contributed by atoms with Gasteiger partial charge in [-0.15, -0.1) is 0 Å². The van der Waals surface area contributed by atoms with Gasteiger partial charge in [0.05, 0.1) is 34.9 Å². The number of aliphatic hydroxyl groups is 1. The minimum absolute atomic E-state index is 0.177. The van der Waals surface area contributed by atoms with Crippen LogP contribution in [0.15, 0.2) is 24.8 Å². The maximum absolute atomic E-state index is 11.7. The Morgan fingerprint density at radius 3 is 2.61 bits per heavy atom. The van der Waals surface area contributed by atoms with Gasteiger partial charge in [-0.2, -0.15) is 0 Å². The molecule has 124 valence electrons. The van der Waals surface area contributed by atoms with Crippen molar-refractivity contribution in [3.8, 4) is 0 Å². The molecule has 2 aromatic rings. The van der Waals surface area contributed by atoms with Crippen molar-refractivity contribution in [1.82, 2.24) is 13.7 Å². The lowest BCUT2D eigenvalue weighted by molar-refractivity contribution is 0.0350. The first-order chi connectivity index (χ1) is 10.8. The van der Waals surface area contributed by atoms with Crippen LogP contribution in [-0.2, 0) is 15.6 Å². The van der Waals surface area contributed by atoms with Crippen molar-refractivity contribution >= 4 is 27.1 Å². The average molecular weight is 356 g/mol. The summed E-state index contributed by atoms with van der Waals surface area (Å²) >= 11 is 6.18. The molecule has 1 saturated heterocycles. The number of imidazole rings is 1. The minimum Gasteiger partial charge on any atom is -0.385 e. The smallest absolute Gasteiger partial charge is 0.211 e. The summed E-state index contributed by atoms with van der Waals surface area (Å²) in [6, 6.07) is 1.80. The van der Waals surface area contributed by atoms with E-state index in [0.29, 0.717) is 31.0 Å². The highest BCUT2D eigenvalue weighted by Crippen LogP contribution is 2.50. The van der Waals surface area contributed by atoms with E-state index in [9.17, 15) is 13.5 Å². The van der Waals surface area contributed by atoms with Crippen molar-refractivity contribution in [1.29, 1.82) is 0 Å². The molecule has 3 heterocycles. The third-order valence-electron chi connectivity index (χ3n) is 5.20. The van der Waals surface area contributed by atoms with Crippen molar-refractivity contribution in [2.45, 2.75) is 18.4 Å². The lowest BCUT2D eigenvalue weighted by atomic mass is 9.90. The van der Waals surface area contributed by atoms with Gasteiger partial charge in [0.2, 0.25) is 10.0 Å². The monoisotopic (exact) mass is 355 g/mol. The van der Waals surface area contributed by atoms with Gasteiger partial charge in [0.25, 0.3) is 0 Å². The second kappa shape index (κ2) is 4.92. The summed E-state index contributed by atoms with van der Waals surface area (Å²) in [5, 5.41) is 11.8. The fraction of sp³-hybridized carbons (Fsp3) is 0.533. The normalized spacial score (nSPS) is 31.8. The average Bonchev–Trinajstić information content (AvgIpc) is 3.09. The summed E-state index contributed by atoms with van der Waals surface area (Å²) in [4.78, 5) is 4.13. The molecule has 0 bridgehead atoms. The van der Waals surface area contributed by atoms with Gasteiger partial charge in [-0.05, 0) is 30.7 Å². The fourth-order valence-electron chi connectivity index (χ4n) is 4.17. The summed E-state index contributed by atoms with van der Waals surface area (Å²) in [5.74, 6) is 0.355. The molecule has 0 spiro atoms. The molecule has 6 nitrogen and oxygen atoms in total. The summed E-state index contributed by atoms with van der Waals surface area (Å²) in [6.07, 6.45) is 7.48. The predicted molar refractivity (Wildman–Crippen MR) is 86.7 cm³/mol. The molecule has 0 amide bonds. The lowest BCUT2D eigenvalue weighted by Crippen LogP contribution is -2.32. The highest BCUT2D eigenvalue weighted by Gasteiger charge is 2.51. The van der Waals surface area contributed by atoms with E-state index in [2.05, 4.69) is 4.98 Å². The lowest BCUT2D eigenvalue weighted by Gasteiger charge is -2.26. The number of hydrogen-bond donors (Lipinski definition) is 1. The summed E-state index contributed by atoms with van der Waals surface area (Å²) < 4.78 is 26.8. The molecular formula is C15H18ClN3O3S. The molecule has 0 aromatic carbocycles. The molecule has 2 aromatic heterocycles. The van der Waals surface area contributed by atoms with E-state index in [4.69, 9.17) is 11.6 Å². The summed E-state index contributed by atoms with van der Waals surface area (Å²) in [7, 11) is -3.16. The number of fused-ring (bicyclic) bond motifs is 2. The van der Waals surface area contributed by atoms with Crippen molar-refractivity contribution < 1.29 is 13.5 Å². The van der Waals surface area contributed by atoms with E-state index in [0.717, 1.165) is 11.1 Å². The molecule has 2 aliphatic rings. The number of sulfonamides is 1. The van der Waals surface area contributed by atoms with Crippen molar-refractivity contribution in [2.75, 3.05) is 19.3 Å².